The van der Waals surface area contributed by atoms with Gasteiger partial charge in [0.05, 0.1) is 5.56 Å². The quantitative estimate of drug-likeness (QED) is 0.570. The number of halogens is 4. The van der Waals surface area contributed by atoms with E-state index in [4.69, 9.17) is 4.74 Å². The third-order valence-electron chi connectivity index (χ3n) is 5.50. The second-order valence-electron chi connectivity index (χ2n) is 7.83. The zero-order valence-electron chi connectivity index (χ0n) is 18.1. The van der Waals surface area contributed by atoms with Gasteiger partial charge >= 0.3 is 6.18 Å². The molecule has 0 unspecified atom stereocenters. The molecule has 1 aliphatic rings. The van der Waals surface area contributed by atoms with Crippen LogP contribution >= 0.6 is 15.9 Å². The molecule has 0 aliphatic carbocycles. The summed E-state index contributed by atoms with van der Waals surface area (Å²) in [4.78, 5) is 16.5. The zero-order valence-corrected chi connectivity index (χ0v) is 19.7. The second-order valence-corrected chi connectivity index (χ2v) is 8.68. The highest BCUT2D eigenvalue weighted by Crippen LogP contribution is 2.34. The highest BCUT2D eigenvalue weighted by Gasteiger charge is 2.34. The van der Waals surface area contributed by atoms with E-state index < -0.39 is 17.6 Å². The van der Waals surface area contributed by atoms with Crippen LogP contribution in [0.3, 0.4) is 0 Å². The number of alkyl halides is 3. The van der Waals surface area contributed by atoms with Gasteiger partial charge in [0.1, 0.15) is 5.75 Å². The van der Waals surface area contributed by atoms with Crippen molar-refractivity contribution in [3.8, 4) is 5.75 Å². The number of ether oxygens (including phenoxy) is 1. The fourth-order valence-corrected chi connectivity index (χ4v) is 3.86. The van der Waals surface area contributed by atoms with Crippen LogP contribution in [-0.4, -0.2) is 55.0 Å². The smallest absolute Gasteiger partial charge is 0.416 e. The molecule has 0 radical (unpaired) electrons. The lowest BCUT2D eigenvalue weighted by Crippen LogP contribution is -2.45. The Balaban J connectivity index is 1.64. The molecule has 0 saturated carbocycles. The Morgan fingerprint density at radius 3 is 2.41 bits per heavy atom. The molecule has 1 aliphatic heterocycles. The summed E-state index contributed by atoms with van der Waals surface area (Å²) >= 11 is 3.39. The molecular formula is C23H27BrF3N3O2. The Morgan fingerprint density at radius 2 is 1.78 bits per heavy atom. The summed E-state index contributed by atoms with van der Waals surface area (Å²) in [6.07, 6.45) is -4.51. The van der Waals surface area contributed by atoms with Crippen molar-refractivity contribution in [1.29, 1.82) is 0 Å². The monoisotopic (exact) mass is 513 g/mol. The molecule has 1 fully saturated rings. The van der Waals surface area contributed by atoms with Gasteiger partial charge in [-0.2, -0.15) is 13.2 Å². The van der Waals surface area contributed by atoms with Crippen LogP contribution in [0.2, 0.25) is 0 Å². The Morgan fingerprint density at radius 1 is 1.09 bits per heavy atom. The molecule has 2 aromatic rings. The van der Waals surface area contributed by atoms with Crippen LogP contribution in [0, 0.1) is 6.92 Å². The standard InChI is InChI=1S/C23H27BrF3N3O2/c1-3-29-8-10-30(11-9-29)14-17-4-5-18(13-20(17)23(25,26)27)28-22(31)15-32-19-6-7-21(24)16(2)12-19/h4-7,12-13H,3,8-11,14-15H2,1-2H3,(H,28,31). The van der Waals surface area contributed by atoms with Crippen molar-refractivity contribution in [2.45, 2.75) is 26.6 Å². The minimum atomic E-state index is -4.51. The van der Waals surface area contributed by atoms with Gasteiger partial charge in [-0.3, -0.25) is 9.69 Å². The lowest BCUT2D eigenvalue weighted by Gasteiger charge is -2.34. The number of benzene rings is 2. The highest BCUT2D eigenvalue weighted by molar-refractivity contribution is 9.10. The van der Waals surface area contributed by atoms with Crippen LogP contribution in [0.5, 0.6) is 5.75 Å². The Kier molecular flexibility index (Phi) is 8.19. The van der Waals surface area contributed by atoms with Crippen molar-refractivity contribution in [3.05, 3.63) is 57.6 Å². The molecule has 2 aromatic carbocycles. The van der Waals surface area contributed by atoms with Gasteiger partial charge in [-0.05, 0) is 54.9 Å². The van der Waals surface area contributed by atoms with Crippen molar-refractivity contribution in [1.82, 2.24) is 9.80 Å². The van der Waals surface area contributed by atoms with Gasteiger partial charge in [0.15, 0.2) is 6.61 Å². The minimum Gasteiger partial charge on any atom is -0.484 e. The Bertz CT molecular complexity index is 945. The van der Waals surface area contributed by atoms with Gasteiger partial charge in [0.2, 0.25) is 0 Å². The molecule has 1 saturated heterocycles. The normalized spacial score (nSPS) is 15.6. The summed E-state index contributed by atoms with van der Waals surface area (Å²) in [5.74, 6) is -0.0162. The highest BCUT2D eigenvalue weighted by atomic mass is 79.9. The van der Waals surface area contributed by atoms with E-state index >= 15 is 0 Å². The van der Waals surface area contributed by atoms with E-state index in [1.807, 2.05) is 11.8 Å². The first kappa shape index (κ1) is 24.5. The molecule has 174 valence electrons. The third-order valence-corrected chi connectivity index (χ3v) is 6.39. The largest absolute Gasteiger partial charge is 0.484 e. The van der Waals surface area contributed by atoms with Crippen LogP contribution in [0.1, 0.15) is 23.6 Å². The maximum absolute atomic E-state index is 13.7. The van der Waals surface area contributed by atoms with Crippen molar-refractivity contribution < 1.29 is 22.7 Å². The molecule has 1 amide bonds. The average molecular weight is 514 g/mol. The van der Waals surface area contributed by atoms with Crippen molar-refractivity contribution in [3.63, 3.8) is 0 Å². The van der Waals surface area contributed by atoms with Crippen molar-refractivity contribution >= 4 is 27.5 Å². The maximum atomic E-state index is 13.7. The van der Waals surface area contributed by atoms with Crippen LogP contribution < -0.4 is 10.1 Å². The first-order valence-corrected chi connectivity index (χ1v) is 11.3. The van der Waals surface area contributed by atoms with Crippen LogP contribution in [0.25, 0.3) is 0 Å². The van der Waals surface area contributed by atoms with E-state index in [0.29, 0.717) is 5.75 Å². The fourth-order valence-electron chi connectivity index (χ4n) is 3.61. The van der Waals surface area contributed by atoms with E-state index in [2.05, 4.69) is 33.1 Å². The van der Waals surface area contributed by atoms with Gasteiger partial charge in [-0.25, -0.2) is 0 Å². The Labute approximate surface area is 194 Å². The number of carbonyl (C=O) groups is 1. The maximum Gasteiger partial charge on any atom is 0.416 e. The first-order valence-electron chi connectivity index (χ1n) is 10.5. The van der Waals surface area contributed by atoms with Gasteiger partial charge in [0, 0.05) is 42.9 Å². The summed E-state index contributed by atoms with van der Waals surface area (Å²) in [7, 11) is 0. The molecule has 0 aromatic heterocycles. The van der Waals surface area contributed by atoms with Crippen LogP contribution in [-0.2, 0) is 17.5 Å². The van der Waals surface area contributed by atoms with Gasteiger partial charge in [-0.15, -0.1) is 0 Å². The number of aryl methyl sites for hydroxylation is 1. The van der Waals surface area contributed by atoms with Gasteiger partial charge < -0.3 is 15.0 Å². The summed E-state index contributed by atoms with van der Waals surface area (Å²) in [5, 5.41) is 2.50. The molecule has 0 bridgehead atoms. The lowest BCUT2D eigenvalue weighted by atomic mass is 10.0. The van der Waals surface area contributed by atoms with E-state index in [1.165, 1.54) is 12.1 Å². The number of carbonyl (C=O) groups excluding carboxylic acids is 1. The van der Waals surface area contributed by atoms with Crippen molar-refractivity contribution in [2.24, 2.45) is 0 Å². The molecule has 3 rings (SSSR count). The van der Waals surface area contributed by atoms with E-state index in [0.717, 1.165) is 48.8 Å². The topological polar surface area (TPSA) is 44.8 Å². The number of nitrogens with zero attached hydrogens (tertiary/aromatic N) is 2. The molecule has 0 atom stereocenters. The van der Waals surface area contributed by atoms with E-state index in [-0.39, 0.29) is 24.4 Å². The summed E-state index contributed by atoms with van der Waals surface area (Å²) < 4.78 is 47.5. The Hall–Kier alpha value is -2.10. The number of hydrogen-bond acceptors (Lipinski definition) is 4. The van der Waals surface area contributed by atoms with E-state index in [1.54, 1.807) is 18.2 Å². The first-order chi connectivity index (χ1) is 15.2. The third kappa shape index (κ3) is 6.70. The molecule has 0 spiro atoms. The molecule has 1 N–H and O–H groups in total. The summed E-state index contributed by atoms with van der Waals surface area (Å²) in [5.41, 5.74) is 0.529. The van der Waals surface area contributed by atoms with Crippen LogP contribution in [0.15, 0.2) is 40.9 Å². The molecule has 1 heterocycles. The molecule has 5 nitrogen and oxygen atoms in total. The van der Waals surface area contributed by atoms with Gasteiger partial charge in [0.25, 0.3) is 5.91 Å². The fraction of sp³-hybridized carbons (Fsp3) is 0.435. The molecular weight excluding hydrogens is 487 g/mol. The number of nitrogens with one attached hydrogen (secondary N) is 1. The summed E-state index contributed by atoms with van der Waals surface area (Å²) in [6, 6.07) is 9.24. The van der Waals surface area contributed by atoms with Gasteiger partial charge in [-0.1, -0.05) is 28.9 Å². The predicted molar refractivity (Wildman–Crippen MR) is 122 cm³/mol. The number of amides is 1. The second kappa shape index (κ2) is 10.7. The number of hydrogen-bond donors (Lipinski definition) is 1. The predicted octanol–water partition coefficient (Wildman–Crippen LogP) is 4.93. The SMILES string of the molecule is CCN1CCN(Cc2ccc(NC(=O)COc3ccc(Br)c(C)c3)cc2C(F)(F)F)CC1. The van der Waals surface area contributed by atoms with Crippen molar-refractivity contribution in [2.75, 3.05) is 44.6 Å². The number of anilines is 1. The lowest BCUT2D eigenvalue weighted by molar-refractivity contribution is -0.138. The van der Waals surface area contributed by atoms with E-state index in [9.17, 15) is 18.0 Å². The van der Waals surface area contributed by atoms with Crippen LogP contribution in [0.4, 0.5) is 18.9 Å². The number of likely N-dealkylation sites (N-methyl/N-ethyl adjacent to an activating group) is 1. The molecule has 32 heavy (non-hydrogen) atoms. The number of piperazine rings is 1. The summed E-state index contributed by atoms with van der Waals surface area (Å²) in [6.45, 7) is 8.01. The average Bonchev–Trinajstić information content (AvgIpc) is 2.75. The zero-order chi connectivity index (χ0) is 23.3. The minimum absolute atomic E-state index is 0.0949. The molecule has 9 heteroatoms. The number of rotatable bonds is 7.